The van der Waals surface area contributed by atoms with Gasteiger partial charge in [0.15, 0.2) is 0 Å². The van der Waals surface area contributed by atoms with E-state index in [2.05, 4.69) is 11.2 Å². The van der Waals surface area contributed by atoms with Crippen molar-refractivity contribution in [3.05, 3.63) is 23.5 Å². The van der Waals surface area contributed by atoms with Crippen LogP contribution in [0.15, 0.2) is 12.3 Å². The molecule has 1 aromatic heterocycles. The second-order valence-electron chi connectivity index (χ2n) is 1.33. The van der Waals surface area contributed by atoms with Crippen LogP contribution < -0.4 is 5.73 Å². The third-order valence-electron chi connectivity index (χ3n) is 0.745. The summed E-state index contributed by atoms with van der Waals surface area (Å²) in [5, 5.41) is 0.382. The van der Waals surface area contributed by atoms with Crippen LogP contribution in [0.25, 0.3) is 0 Å². The Morgan fingerprint density at radius 2 is 2.33 bits per heavy atom. The van der Waals surface area contributed by atoms with E-state index < -0.39 is 0 Å². The molecule has 1 rings (SSSR count). The van der Waals surface area contributed by atoms with Crippen molar-refractivity contribution in [1.82, 2.24) is 4.98 Å². The smallest absolute Gasteiger partial charge is 0 e. The minimum absolute atomic E-state index is 0. The number of nitrogens with zero attached hydrogens (tertiary/aromatic N) is 1. The molecule has 1 heterocycles. The molecule has 0 saturated carbocycles. The molecular weight excluding hydrogens is 310 g/mol. The first-order valence-corrected chi connectivity index (χ1v) is 2.46. The average molecular weight is 314 g/mol. The minimum atomic E-state index is 0. The molecule has 49 valence electrons. The molecule has 2 N–H and O–H groups in total. The number of aromatic nitrogens is 1. The molecule has 2 nitrogen and oxygen atoms in total. The summed E-state index contributed by atoms with van der Waals surface area (Å²) in [5.74, 6) is 0. The SMILES string of the molecule is Nc1ccn[c-]c1Cl.[Re]. The summed E-state index contributed by atoms with van der Waals surface area (Å²) in [6, 6.07) is 1.62. The molecule has 0 amide bonds. The van der Waals surface area contributed by atoms with Crippen LogP contribution >= 0.6 is 11.6 Å². The van der Waals surface area contributed by atoms with Crippen molar-refractivity contribution in [3.8, 4) is 0 Å². The molecule has 0 bridgehead atoms. The minimum Gasteiger partial charge on any atom is -0.448 e. The van der Waals surface area contributed by atoms with Crippen molar-refractivity contribution in [2.24, 2.45) is 0 Å². The Hall–Kier alpha value is -0.0977. The first kappa shape index (κ1) is 8.90. The van der Waals surface area contributed by atoms with E-state index in [1.807, 2.05) is 0 Å². The van der Waals surface area contributed by atoms with Gasteiger partial charge in [0.2, 0.25) is 0 Å². The van der Waals surface area contributed by atoms with E-state index in [1.54, 1.807) is 12.3 Å². The zero-order valence-corrected chi connectivity index (χ0v) is 7.91. The largest absolute Gasteiger partial charge is 0.448 e. The molecule has 0 aliphatic rings. The average Bonchev–Trinajstić information content (AvgIpc) is 1.77. The number of halogens is 1. The predicted molar refractivity (Wildman–Crippen MR) is 32.5 cm³/mol. The van der Waals surface area contributed by atoms with Crippen molar-refractivity contribution in [3.63, 3.8) is 0 Å². The summed E-state index contributed by atoms with van der Waals surface area (Å²) < 4.78 is 0. The van der Waals surface area contributed by atoms with Crippen LogP contribution in [0, 0.1) is 6.20 Å². The molecule has 1 radical (unpaired) electrons. The van der Waals surface area contributed by atoms with E-state index in [4.69, 9.17) is 17.3 Å². The summed E-state index contributed by atoms with van der Waals surface area (Å²) in [7, 11) is 0. The van der Waals surface area contributed by atoms with Crippen LogP contribution in [-0.4, -0.2) is 4.98 Å². The molecule has 4 heteroatoms. The number of pyridine rings is 1. The third-order valence-corrected chi connectivity index (χ3v) is 1.05. The topological polar surface area (TPSA) is 38.9 Å². The van der Waals surface area contributed by atoms with Crippen molar-refractivity contribution < 1.29 is 20.4 Å². The number of hydrogen-bond acceptors (Lipinski definition) is 2. The molecule has 0 aliphatic carbocycles. The van der Waals surface area contributed by atoms with E-state index in [-0.39, 0.29) is 20.4 Å². The molecule has 0 unspecified atom stereocenters. The number of nitrogens with two attached hydrogens (primary N) is 1. The molecule has 9 heavy (non-hydrogen) atoms. The Balaban J connectivity index is 0.000000640. The summed E-state index contributed by atoms with van der Waals surface area (Å²) in [5.41, 5.74) is 5.83. The van der Waals surface area contributed by atoms with Gasteiger partial charge >= 0.3 is 0 Å². The molecule has 0 fully saturated rings. The summed E-state index contributed by atoms with van der Waals surface area (Å²) >= 11 is 5.47. The van der Waals surface area contributed by atoms with Gasteiger partial charge in [-0.2, -0.15) is 0 Å². The molecule has 0 saturated heterocycles. The summed E-state index contributed by atoms with van der Waals surface area (Å²) in [6.07, 6.45) is 4.03. The number of rotatable bonds is 0. The van der Waals surface area contributed by atoms with Crippen molar-refractivity contribution in [2.75, 3.05) is 5.73 Å². The van der Waals surface area contributed by atoms with E-state index in [9.17, 15) is 0 Å². The van der Waals surface area contributed by atoms with E-state index in [0.29, 0.717) is 10.7 Å². The van der Waals surface area contributed by atoms with Crippen LogP contribution in [0.1, 0.15) is 0 Å². The van der Waals surface area contributed by atoms with Gasteiger partial charge < -0.3 is 10.7 Å². The first-order valence-electron chi connectivity index (χ1n) is 2.08. The van der Waals surface area contributed by atoms with Gasteiger partial charge in [-0.3, -0.25) is 0 Å². The normalized spacial score (nSPS) is 8.11. The zero-order valence-electron chi connectivity index (χ0n) is 4.44. The Morgan fingerprint density at radius 1 is 1.67 bits per heavy atom. The van der Waals surface area contributed by atoms with Crippen molar-refractivity contribution >= 4 is 17.3 Å². The quantitative estimate of drug-likeness (QED) is 0.729. The third kappa shape index (κ3) is 2.32. The molecule has 0 spiro atoms. The van der Waals surface area contributed by atoms with E-state index >= 15 is 0 Å². The van der Waals surface area contributed by atoms with Gasteiger partial charge in [-0.05, 0) is 5.02 Å². The fourth-order valence-electron chi connectivity index (χ4n) is 0.349. The molecule has 0 atom stereocenters. The second-order valence-corrected chi connectivity index (χ2v) is 1.70. The van der Waals surface area contributed by atoms with Crippen molar-refractivity contribution in [1.29, 1.82) is 0 Å². The van der Waals surface area contributed by atoms with Gasteiger partial charge in [0.05, 0.1) is 0 Å². The molecule has 0 aromatic carbocycles. The van der Waals surface area contributed by atoms with Gasteiger partial charge in [0, 0.05) is 20.4 Å². The Bertz CT molecular complexity index is 171. The molecule has 0 aliphatic heterocycles. The van der Waals surface area contributed by atoms with Crippen LogP contribution in [0.4, 0.5) is 5.69 Å². The number of anilines is 1. The van der Waals surface area contributed by atoms with Gasteiger partial charge in [-0.15, -0.1) is 17.7 Å². The van der Waals surface area contributed by atoms with E-state index in [1.165, 1.54) is 0 Å². The maximum absolute atomic E-state index is 5.47. The number of nitrogen functional groups attached to an aromatic ring is 1. The van der Waals surface area contributed by atoms with Gasteiger partial charge in [0.25, 0.3) is 0 Å². The predicted octanol–water partition coefficient (Wildman–Crippen LogP) is 1.11. The standard InChI is InChI=1S/C5H4ClN2.Re/c6-4-3-8-2-1-5(4)7;/h1-2H,(H2,7,8);/q-1;. The van der Waals surface area contributed by atoms with Crippen LogP contribution in [0.2, 0.25) is 5.02 Å². The fourth-order valence-corrected chi connectivity index (χ4v) is 0.461. The second kappa shape index (κ2) is 3.84. The van der Waals surface area contributed by atoms with Crippen LogP contribution in [0.3, 0.4) is 0 Å². The number of hydrogen-bond donors (Lipinski definition) is 1. The van der Waals surface area contributed by atoms with Crippen molar-refractivity contribution in [2.45, 2.75) is 0 Å². The Labute approximate surface area is 72.1 Å². The van der Waals surface area contributed by atoms with Crippen LogP contribution in [-0.2, 0) is 20.4 Å². The molecular formula is C5H4ClN2Re-. The maximum Gasteiger partial charge on any atom is 0 e. The van der Waals surface area contributed by atoms with Gasteiger partial charge in [-0.25, -0.2) is 0 Å². The maximum atomic E-state index is 5.47. The van der Waals surface area contributed by atoms with E-state index in [0.717, 1.165) is 0 Å². The van der Waals surface area contributed by atoms with Gasteiger partial charge in [0.1, 0.15) is 0 Å². The molecule has 1 aromatic rings. The van der Waals surface area contributed by atoms with Crippen LogP contribution in [0.5, 0.6) is 0 Å². The fraction of sp³-hybridized carbons (Fsp3) is 0. The monoisotopic (exact) mass is 314 g/mol. The van der Waals surface area contributed by atoms with Gasteiger partial charge in [-0.1, -0.05) is 18.1 Å². The summed E-state index contributed by atoms with van der Waals surface area (Å²) in [6.45, 7) is 0. The zero-order chi connectivity index (χ0) is 5.98. The summed E-state index contributed by atoms with van der Waals surface area (Å²) in [4.78, 5) is 3.61. The Morgan fingerprint density at radius 3 is 2.67 bits per heavy atom. The Kier molecular flexibility index (Phi) is 3.80. The first-order chi connectivity index (χ1) is 3.80.